The highest BCUT2D eigenvalue weighted by Crippen LogP contribution is 2.35. The number of aromatic hydroxyl groups is 2. The van der Waals surface area contributed by atoms with Crippen molar-refractivity contribution in [3.05, 3.63) is 57.6 Å². The van der Waals surface area contributed by atoms with Crippen LogP contribution in [0.25, 0.3) is 0 Å². The second kappa shape index (κ2) is 9.32. The molecule has 178 valence electrons. The molecule has 0 bridgehead atoms. The van der Waals surface area contributed by atoms with Crippen molar-refractivity contribution >= 4 is 12.4 Å². The summed E-state index contributed by atoms with van der Waals surface area (Å²) in [6.45, 7) is 16.7. The Balaban J connectivity index is 1.85. The lowest BCUT2D eigenvalue weighted by Crippen LogP contribution is -2.17. The predicted octanol–water partition coefficient (Wildman–Crippen LogP) is 6.77. The van der Waals surface area contributed by atoms with Gasteiger partial charge < -0.3 is 10.2 Å². The molecule has 4 heteroatoms. The lowest BCUT2D eigenvalue weighted by Gasteiger charge is -2.22. The number of hydrogen-bond donors (Lipinski definition) is 2. The van der Waals surface area contributed by atoms with Crippen molar-refractivity contribution in [3.63, 3.8) is 0 Å². The summed E-state index contributed by atoms with van der Waals surface area (Å²) in [5, 5.41) is 21.7. The third kappa shape index (κ3) is 5.85. The van der Waals surface area contributed by atoms with Crippen molar-refractivity contribution < 1.29 is 10.2 Å². The van der Waals surface area contributed by atoms with Crippen LogP contribution in [0.2, 0.25) is 0 Å². The molecule has 1 aliphatic carbocycles. The van der Waals surface area contributed by atoms with Crippen LogP contribution in [0, 0.1) is 13.8 Å². The number of aryl methyl sites for hydroxylation is 2. The number of hydrogen-bond acceptors (Lipinski definition) is 4. The normalized spacial score (nSPS) is 19.8. The number of rotatable bonds is 4. The monoisotopic (exact) mass is 448 g/mol. The first-order valence-electron chi connectivity index (χ1n) is 12.0. The van der Waals surface area contributed by atoms with Gasteiger partial charge in [0.05, 0.1) is 12.1 Å². The maximum Gasteiger partial charge on any atom is 0.128 e. The minimum atomic E-state index is -0.138. The van der Waals surface area contributed by atoms with E-state index in [1.165, 1.54) is 0 Å². The second-order valence-electron chi connectivity index (χ2n) is 11.6. The molecule has 1 saturated carbocycles. The largest absolute Gasteiger partial charge is 0.507 e. The van der Waals surface area contributed by atoms with Crippen LogP contribution in [0.5, 0.6) is 11.5 Å². The maximum absolute atomic E-state index is 10.8. The molecule has 33 heavy (non-hydrogen) atoms. The number of aliphatic imine (C=N–C) groups is 2. The van der Waals surface area contributed by atoms with E-state index in [4.69, 9.17) is 9.98 Å². The lowest BCUT2D eigenvalue weighted by molar-refractivity contribution is 0.444. The van der Waals surface area contributed by atoms with Crippen LogP contribution in [-0.2, 0) is 10.8 Å². The Morgan fingerprint density at radius 2 is 1.06 bits per heavy atom. The Kier molecular flexibility index (Phi) is 7.07. The fourth-order valence-corrected chi connectivity index (χ4v) is 4.57. The molecule has 3 rings (SSSR count). The average Bonchev–Trinajstić information content (AvgIpc) is 3.14. The van der Waals surface area contributed by atoms with Crippen LogP contribution in [-0.4, -0.2) is 34.7 Å². The first-order chi connectivity index (χ1) is 15.3. The molecule has 0 spiro atoms. The lowest BCUT2D eigenvalue weighted by atomic mass is 9.84. The molecule has 4 nitrogen and oxygen atoms in total. The number of phenolic OH excluding ortho intramolecular Hbond substituents is 2. The third-order valence-corrected chi connectivity index (χ3v) is 6.44. The third-order valence-electron chi connectivity index (χ3n) is 6.44. The zero-order valence-electron chi connectivity index (χ0n) is 21.5. The Morgan fingerprint density at radius 1 is 0.697 bits per heavy atom. The SMILES string of the molecule is Cc1cc(C=NC2CCCC2N=Cc2cc(C)cc(C(C)(C)C)c2O)c(O)c(C(C)(C)C)c1. The summed E-state index contributed by atoms with van der Waals surface area (Å²) in [7, 11) is 0. The standard InChI is InChI=1S/C29H40N2O2/c1-18-12-20(26(32)22(14-18)28(3,4)5)16-30-24-10-9-11-25(24)31-17-21-13-19(2)15-23(27(21)33)29(6,7)8/h12-17,24-25,32-33H,9-11H2,1-8H3. The average molecular weight is 449 g/mol. The van der Waals surface area contributed by atoms with E-state index in [9.17, 15) is 10.2 Å². The molecule has 2 aromatic carbocycles. The van der Waals surface area contributed by atoms with E-state index in [-0.39, 0.29) is 22.9 Å². The van der Waals surface area contributed by atoms with E-state index in [1.54, 1.807) is 0 Å². The Hall–Kier alpha value is -2.62. The van der Waals surface area contributed by atoms with Crippen molar-refractivity contribution in [2.75, 3.05) is 0 Å². The highest BCUT2D eigenvalue weighted by Gasteiger charge is 2.27. The van der Waals surface area contributed by atoms with Crippen LogP contribution in [0.1, 0.15) is 94.2 Å². The van der Waals surface area contributed by atoms with Crippen molar-refractivity contribution in [2.24, 2.45) is 9.98 Å². The van der Waals surface area contributed by atoms with Gasteiger partial charge in [0.15, 0.2) is 0 Å². The minimum absolute atomic E-state index is 0.0771. The Morgan fingerprint density at radius 3 is 1.39 bits per heavy atom. The summed E-state index contributed by atoms with van der Waals surface area (Å²) in [4.78, 5) is 9.70. The number of benzene rings is 2. The zero-order valence-corrected chi connectivity index (χ0v) is 21.5. The van der Waals surface area contributed by atoms with Crippen LogP contribution in [0.4, 0.5) is 0 Å². The minimum Gasteiger partial charge on any atom is -0.507 e. The zero-order chi connectivity index (χ0) is 24.6. The van der Waals surface area contributed by atoms with Crippen LogP contribution in [0.15, 0.2) is 34.3 Å². The van der Waals surface area contributed by atoms with Gasteiger partial charge in [-0.15, -0.1) is 0 Å². The number of nitrogens with zero attached hydrogens (tertiary/aromatic N) is 2. The first kappa shape index (κ1) is 25.0. The van der Waals surface area contributed by atoms with Crippen LogP contribution >= 0.6 is 0 Å². The molecule has 0 aromatic heterocycles. The highest BCUT2D eigenvalue weighted by atomic mass is 16.3. The molecule has 1 fully saturated rings. The smallest absolute Gasteiger partial charge is 0.128 e. The summed E-state index contributed by atoms with van der Waals surface area (Å²) in [6, 6.07) is 8.23. The van der Waals surface area contributed by atoms with Gasteiger partial charge in [-0.25, -0.2) is 0 Å². The molecule has 0 aliphatic heterocycles. The molecule has 2 aromatic rings. The molecule has 0 saturated heterocycles. The van der Waals surface area contributed by atoms with Crippen LogP contribution in [0.3, 0.4) is 0 Å². The van der Waals surface area contributed by atoms with E-state index in [0.717, 1.165) is 52.6 Å². The fourth-order valence-electron chi connectivity index (χ4n) is 4.57. The molecule has 1 aliphatic rings. The molecule has 2 unspecified atom stereocenters. The van der Waals surface area contributed by atoms with Gasteiger partial charge in [-0.05, 0) is 67.2 Å². The van der Waals surface area contributed by atoms with E-state index in [0.29, 0.717) is 11.5 Å². The molecular formula is C29H40N2O2. The molecule has 0 heterocycles. The summed E-state index contributed by atoms with van der Waals surface area (Å²) in [5.41, 5.74) is 5.36. The van der Waals surface area contributed by atoms with Gasteiger partial charge in [-0.1, -0.05) is 53.7 Å². The Labute approximate surface area is 199 Å². The van der Waals surface area contributed by atoms with Crippen molar-refractivity contribution in [2.45, 2.75) is 97.6 Å². The summed E-state index contributed by atoms with van der Waals surface area (Å²) in [5.74, 6) is 0.628. The summed E-state index contributed by atoms with van der Waals surface area (Å²) >= 11 is 0. The van der Waals surface area contributed by atoms with Gasteiger partial charge in [-0.2, -0.15) is 0 Å². The molecule has 2 atom stereocenters. The van der Waals surface area contributed by atoms with Gasteiger partial charge in [-0.3, -0.25) is 9.98 Å². The molecule has 0 amide bonds. The maximum atomic E-state index is 10.8. The molecule has 2 N–H and O–H groups in total. The van der Waals surface area contributed by atoms with Gasteiger partial charge in [0.1, 0.15) is 11.5 Å². The van der Waals surface area contributed by atoms with Crippen molar-refractivity contribution in [1.82, 2.24) is 0 Å². The van der Waals surface area contributed by atoms with E-state index in [2.05, 4.69) is 67.5 Å². The van der Waals surface area contributed by atoms with E-state index >= 15 is 0 Å². The summed E-state index contributed by atoms with van der Waals surface area (Å²) < 4.78 is 0. The summed E-state index contributed by atoms with van der Waals surface area (Å²) in [6.07, 6.45) is 6.66. The van der Waals surface area contributed by atoms with Crippen molar-refractivity contribution in [3.8, 4) is 11.5 Å². The predicted molar refractivity (Wildman–Crippen MR) is 140 cm³/mol. The molecular weight excluding hydrogens is 408 g/mol. The first-order valence-corrected chi connectivity index (χ1v) is 12.0. The Bertz CT molecular complexity index is 983. The second-order valence-corrected chi connectivity index (χ2v) is 11.6. The van der Waals surface area contributed by atoms with E-state index in [1.807, 2.05) is 24.6 Å². The topological polar surface area (TPSA) is 65.2 Å². The highest BCUT2D eigenvalue weighted by molar-refractivity contribution is 5.86. The van der Waals surface area contributed by atoms with Crippen molar-refractivity contribution in [1.29, 1.82) is 0 Å². The van der Waals surface area contributed by atoms with Gasteiger partial charge >= 0.3 is 0 Å². The van der Waals surface area contributed by atoms with Crippen LogP contribution < -0.4 is 0 Å². The van der Waals surface area contributed by atoms with E-state index < -0.39 is 0 Å². The number of phenols is 2. The van der Waals surface area contributed by atoms with Gasteiger partial charge in [0, 0.05) is 34.7 Å². The quantitative estimate of drug-likeness (QED) is 0.507. The van der Waals surface area contributed by atoms with Gasteiger partial charge in [0.25, 0.3) is 0 Å². The molecule has 0 radical (unpaired) electrons. The fraction of sp³-hybridized carbons (Fsp3) is 0.517. The van der Waals surface area contributed by atoms with Gasteiger partial charge in [0.2, 0.25) is 0 Å².